The van der Waals surface area contributed by atoms with Gasteiger partial charge in [0, 0.05) is 15.2 Å². The first kappa shape index (κ1) is 18.3. The largest absolute Gasteiger partial charge is 0.482 e. The van der Waals surface area contributed by atoms with Crippen molar-refractivity contribution in [1.82, 2.24) is 5.43 Å². The second-order valence-corrected chi connectivity index (χ2v) is 6.68. The number of nitrogens with one attached hydrogen (secondary N) is 1. The van der Waals surface area contributed by atoms with Gasteiger partial charge in [0.1, 0.15) is 5.75 Å². The third-order valence-electron chi connectivity index (χ3n) is 2.63. The molecule has 0 atom stereocenters. The third-order valence-corrected chi connectivity index (χ3v) is 4.63. The first-order chi connectivity index (χ1) is 11.0. The van der Waals surface area contributed by atoms with E-state index in [1.165, 1.54) is 12.1 Å². The van der Waals surface area contributed by atoms with Gasteiger partial charge in [0.2, 0.25) is 0 Å². The Morgan fingerprint density at radius 3 is 2.61 bits per heavy atom. The van der Waals surface area contributed by atoms with Gasteiger partial charge >= 0.3 is 0 Å². The van der Waals surface area contributed by atoms with Crippen LogP contribution in [0.2, 0.25) is 15.1 Å². The number of carbonyl (C=O) groups is 1. The molecule has 0 unspecified atom stereocenters. The molecule has 1 N–H and O–H groups in total. The van der Waals surface area contributed by atoms with E-state index in [4.69, 9.17) is 39.5 Å². The standard InChI is InChI=1S/C15H10Cl3IN2O2/c16-10-5-12(18)14(6-11(10)17)23-8-15(22)21-20-7-9-3-1-2-4-13(9)19/h1-7H,8H2,(H,21,22). The van der Waals surface area contributed by atoms with Gasteiger partial charge in [-0.25, -0.2) is 5.43 Å². The zero-order chi connectivity index (χ0) is 16.8. The number of benzene rings is 2. The van der Waals surface area contributed by atoms with E-state index in [0.717, 1.165) is 9.13 Å². The number of hydrogen-bond donors (Lipinski definition) is 1. The van der Waals surface area contributed by atoms with E-state index in [2.05, 4.69) is 33.1 Å². The molecule has 0 bridgehead atoms. The second-order valence-electron chi connectivity index (χ2n) is 4.30. The van der Waals surface area contributed by atoms with E-state index in [1.54, 1.807) is 6.21 Å². The maximum absolute atomic E-state index is 11.7. The van der Waals surface area contributed by atoms with Crippen LogP contribution in [0.3, 0.4) is 0 Å². The lowest BCUT2D eigenvalue weighted by atomic mass is 10.2. The monoisotopic (exact) mass is 482 g/mol. The van der Waals surface area contributed by atoms with Crippen molar-refractivity contribution >= 4 is 69.5 Å². The van der Waals surface area contributed by atoms with Crippen LogP contribution in [0.4, 0.5) is 0 Å². The van der Waals surface area contributed by atoms with Crippen molar-refractivity contribution in [3.8, 4) is 5.75 Å². The molecule has 0 heterocycles. The molecule has 4 nitrogen and oxygen atoms in total. The van der Waals surface area contributed by atoms with Crippen molar-refractivity contribution in [1.29, 1.82) is 0 Å². The summed E-state index contributed by atoms with van der Waals surface area (Å²) in [7, 11) is 0. The smallest absolute Gasteiger partial charge is 0.277 e. The Morgan fingerprint density at radius 2 is 1.87 bits per heavy atom. The van der Waals surface area contributed by atoms with Gasteiger partial charge in [0.05, 0.1) is 21.3 Å². The highest BCUT2D eigenvalue weighted by atomic mass is 127. The third kappa shape index (κ3) is 5.53. The number of carbonyl (C=O) groups excluding carboxylic acids is 1. The van der Waals surface area contributed by atoms with Crippen LogP contribution in [0.25, 0.3) is 0 Å². The molecule has 0 aliphatic heterocycles. The molecule has 120 valence electrons. The van der Waals surface area contributed by atoms with Crippen molar-refractivity contribution in [3.05, 3.63) is 60.6 Å². The highest BCUT2D eigenvalue weighted by molar-refractivity contribution is 14.1. The van der Waals surface area contributed by atoms with Crippen LogP contribution >= 0.6 is 57.4 Å². The Kier molecular flexibility index (Phi) is 6.95. The van der Waals surface area contributed by atoms with Crippen LogP contribution < -0.4 is 10.2 Å². The molecule has 8 heteroatoms. The van der Waals surface area contributed by atoms with Crippen molar-refractivity contribution in [2.45, 2.75) is 0 Å². The molecule has 1 amide bonds. The highest BCUT2D eigenvalue weighted by Gasteiger charge is 2.09. The summed E-state index contributed by atoms with van der Waals surface area (Å²) in [4.78, 5) is 11.7. The normalized spacial score (nSPS) is 10.8. The number of ether oxygens (including phenoxy) is 1. The molecule has 0 radical (unpaired) electrons. The first-order valence-corrected chi connectivity index (χ1v) is 8.52. The van der Waals surface area contributed by atoms with E-state index in [-0.39, 0.29) is 17.4 Å². The molecule has 0 saturated carbocycles. The molecular weight excluding hydrogens is 473 g/mol. The Bertz CT molecular complexity index is 753. The minimum Gasteiger partial charge on any atom is -0.482 e. The lowest BCUT2D eigenvalue weighted by Gasteiger charge is -2.08. The molecule has 0 aliphatic carbocycles. The van der Waals surface area contributed by atoms with Crippen LogP contribution in [0.5, 0.6) is 5.75 Å². The topological polar surface area (TPSA) is 50.7 Å². The molecule has 2 rings (SSSR count). The van der Waals surface area contributed by atoms with Crippen LogP contribution in [-0.2, 0) is 4.79 Å². The van der Waals surface area contributed by atoms with Gasteiger partial charge in [-0.2, -0.15) is 5.10 Å². The molecule has 2 aromatic carbocycles. The molecule has 0 spiro atoms. The lowest BCUT2D eigenvalue weighted by molar-refractivity contribution is -0.123. The summed E-state index contributed by atoms with van der Waals surface area (Å²) in [6.45, 7) is -0.249. The zero-order valence-corrected chi connectivity index (χ0v) is 15.9. The fraction of sp³-hybridized carbons (Fsp3) is 0.0667. The number of hydrazone groups is 1. The van der Waals surface area contributed by atoms with Crippen molar-refractivity contribution < 1.29 is 9.53 Å². The predicted molar refractivity (Wildman–Crippen MR) is 102 cm³/mol. The van der Waals surface area contributed by atoms with Gasteiger partial charge < -0.3 is 4.74 Å². The summed E-state index contributed by atoms with van der Waals surface area (Å²) in [5.74, 6) is -0.146. The van der Waals surface area contributed by atoms with E-state index in [0.29, 0.717) is 10.0 Å². The number of hydrogen-bond acceptors (Lipinski definition) is 3. The van der Waals surface area contributed by atoms with Gasteiger partial charge in [-0.05, 0) is 34.7 Å². The van der Waals surface area contributed by atoms with Gasteiger partial charge in [-0.15, -0.1) is 0 Å². The van der Waals surface area contributed by atoms with E-state index in [9.17, 15) is 4.79 Å². The molecule has 2 aromatic rings. The van der Waals surface area contributed by atoms with Crippen molar-refractivity contribution in [2.75, 3.05) is 6.61 Å². The van der Waals surface area contributed by atoms with Gasteiger partial charge in [-0.1, -0.05) is 53.0 Å². The highest BCUT2D eigenvalue weighted by Crippen LogP contribution is 2.33. The summed E-state index contributed by atoms with van der Waals surface area (Å²) >= 11 is 19.8. The molecular formula is C15H10Cl3IN2O2. The van der Waals surface area contributed by atoms with E-state index < -0.39 is 5.91 Å². The van der Waals surface area contributed by atoms with Crippen molar-refractivity contribution in [2.24, 2.45) is 5.10 Å². The number of halogens is 4. The maximum Gasteiger partial charge on any atom is 0.277 e. The number of amides is 1. The van der Waals surface area contributed by atoms with Gasteiger partial charge in [0.25, 0.3) is 5.91 Å². The van der Waals surface area contributed by atoms with Crippen molar-refractivity contribution in [3.63, 3.8) is 0 Å². The average molecular weight is 484 g/mol. The van der Waals surface area contributed by atoms with Gasteiger partial charge in [0.15, 0.2) is 6.61 Å². The lowest BCUT2D eigenvalue weighted by Crippen LogP contribution is -2.24. The Morgan fingerprint density at radius 1 is 1.17 bits per heavy atom. The van der Waals surface area contributed by atoms with Gasteiger partial charge in [-0.3, -0.25) is 4.79 Å². The summed E-state index contributed by atoms with van der Waals surface area (Å²) in [5.41, 5.74) is 3.28. The SMILES string of the molecule is O=C(COc1cc(Cl)c(Cl)cc1Cl)NN=Cc1ccccc1I. The molecule has 0 aromatic heterocycles. The van der Waals surface area contributed by atoms with E-state index in [1.807, 2.05) is 24.3 Å². The quantitative estimate of drug-likeness (QED) is 0.288. The molecule has 0 saturated heterocycles. The second kappa shape index (κ2) is 8.73. The molecule has 0 aliphatic rings. The van der Waals surface area contributed by atoms with Crippen LogP contribution in [-0.4, -0.2) is 18.7 Å². The number of nitrogens with zero attached hydrogens (tertiary/aromatic N) is 1. The number of rotatable bonds is 5. The minimum atomic E-state index is -0.422. The molecule has 0 fully saturated rings. The molecule has 23 heavy (non-hydrogen) atoms. The summed E-state index contributed by atoms with van der Waals surface area (Å²) < 4.78 is 6.33. The first-order valence-electron chi connectivity index (χ1n) is 6.31. The Balaban J connectivity index is 1.89. The van der Waals surface area contributed by atoms with E-state index >= 15 is 0 Å². The fourth-order valence-corrected chi connectivity index (χ4v) is 2.66. The summed E-state index contributed by atoms with van der Waals surface area (Å²) in [6.07, 6.45) is 1.56. The average Bonchev–Trinajstić information content (AvgIpc) is 2.51. The minimum absolute atomic E-state index is 0.249. The van der Waals surface area contributed by atoms with Crippen LogP contribution in [0.15, 0.2) is 41.5 Å². The van der Waals surface area contributed by atoms with Crippen LogP contribution in [0, 0.1) is 3.57 Å². The maximum atomic E-state index is 11.7. The summed E-state index contributed by atoms with van der Waals surface area (Å²) in [6, 6.07) is 10.6. The van der Waals surface area contributed by atoms with Crippen LogP contribution in [0.1, 0.15) is 5.56 Å². The predicted octanol–water partition coefficient (Wildman–Crippen LogP) is 4.78. The zero-order valence-electron chi connectivity index (χ0n) is 11.5. The Hall–Kier alpha value is -1.02. The Labute approximate surface area is 161 Å². The summed E-state index contributed by atoms with van der Waals surface area (Å²) in [5, 5.41) is 4.76. The fourth-order valence-electron chi connectivity index (χ4n) is 1.54.